The SMILES string of the molecule is CC(Oc1ccc(Br)cc1F)C(=O)Nc1ccc(N2CCOCC2)cc1. The van der Waals surface area contributed by atoms with Gasteiger partial charge in [0.25, 0.3) is 5.91 Å². The fourth-order valence-corrected chi connectivity index (χ4v) is 2.97. The van der Waals surface area contributed by atoms with E-state index in [2.05, 4.69) is 26.1 Å². The zero-order valence-electron chi connectivity index (χ0n) is 14.4. The lowest BCUT2D eigenvalue weighted by Crippen LogP contribution is -2.36. The van der Waals surface area contributed by atoms with E-state index in [1.165, 1.54) is 12.1 Å². The van der Waals surface area contributed by atoms with Gasteiger partial charge in [0.05, 0.1) is 13.2 Å². The minimum atomic E-state index is -0.829. The molecule has 1 aliphatic rings. The van der Waals surface area contributed by atoms with Crippen LogP contribution in [0.1, 0.15) is 6.92 Å². The van der Waals surface area contributed by atoms with E-state index < -0.39 is 11.9 Å². The highest BCUT2D eigenvalue weighted by atomic mass is 79.9. The van der Waals surface area contributed by atoms with E-state index in [4.69, 9.17) is 9.47 Å². The van der Waals surface area contributed by atoms with Gasteiger partial charge in [-0.2, -0.15) is 0 Å². The van der Waals surface area contributed by atoms with Crippen molar-refractivity contribution in [2.24, 2.45) is 0 Å². The fraction of sp³-hybridized carbons (Fsp3) is 0.316. The van der Waals surface area contributed by atoms with Crippen molar-refractivity contribution in [3.05, 3.63) is 52.8 Å². The van der Waals surface area contributed by atoms with E-state index in [0.29, 0.717) is 10.2 Å². The predicted molar refractivity (Wildman–Crippen MR) is 102 cm³/mol. The first-order valence-electron chi connectivity index (χ1n) is 8.38. The summed E-state index contributed by atoms with van der Waals surface area (Å²) in [6.45, 7) is 4.74. The molecule has 1 saturated heterocycles. The van der Waals surface area contributed by atoms with Crippen molar-refractivity contribution >= 4 is 33.2 Å². The second kappa shape index (κ2) is 8.51. The summed E-state index contributed by atoms with van der Waals surface area (Å²) in [4.78, 5) is 14.5. The van der Waals surface area contributed by atoms with Crippen molar-refractivity contribution in [2.45, 2.75) is 13.0 Å². The number of benzene rings is 2. The van der Waals surface area contributed by atoms with Crippen molar-refractivity contribution < 1.29 is 18.7 Å². The Morgan fingerprint density at radius 1 is 1.23 bits per heavy atom. The number of hydrogen-bond donors (Lipinski definition) is 1. The molecule has 0 aliphatic carbocycles. The molecular formula is C19H20BrFN2O3. The minimum Gasteiger partial charge on any atom is -0.478 e. The molecule has 2 aromatic rings. The highest BCUT2D eigenvalue weighted by Gasteiger charge is 2.17. The lowest BCUT2D eigenvalue weighted by atomic mass is 10.2. The lowest BCUT2D eigenvalue weighted by molar-refractivity contribution is -0.122. The quantitative estimate of drug-likeness (QED) is 0.795. The Morgan fingerprint density at radius 3 is 2.58 bits per heavy atom. The fourth-order valence-electron chi connectivity index (χ4n) is 2.64. The van der Waals surface area contributed by atoms with Gasteiger partial charge >= 0.3 is 0 Å². The highest BCUT2D eigenvalue weighted by Crippen LogP contribution is 2.23. The third-order valence-corrected chi connectivity index (χ3v) is 4.57. The number of rotatable bonds is 5. The van der Waals surface area contributed by atoms with Gasteiger partial charge in [0.1, 0.15) is 0 Å². The van der Waals surface area contributed by atoms with E-state index in [1.807, 2.05) is 24.3 Å². The van der Waals surface area contributed by atoms with Gasteiger partial charge in [-0.15, -0.1) is 0 Å². The molecule has 7 heteroatoms. The van der Waals surface area contributed by atoms with Crippen molar-refractivity contribution in [3.8, 4) is 5.75 Å². The summed E-state index contributed by atoms with van der Waals surface area (Å²) in [6, 6.07) is 12.0. The summed E-state index contributed by atoms with van der Waals surface area (Å²) in [5.74, 6) is -0.821. The van der Waals surface area contributed by atoms with Crippen LogP contribution in [-0.4, -0.2) is 38.3 Å². The number of nitrogens with zero attached hydrogens (tertiary/aromatic N) is 1. The van der Waals surface area contributed by atoms with Crippen LogP contribution in [0.4, 0.5) is 15.8 Å². The maximum absolute atomic E-state index is 13.8. The van der Waals surface area contributed by atoms with Crippen molar-refractivity contribution in [1.82, 2.24) is 0 Å². The van der Waals surface area contributed by atoms with Crippen molar-refractivity contribution in [1.29, 1.82) is 0 Å². The molecule has 138 valence electrons. The van der Waals surface area contributed by atoms with E-state index in [-0.39, 0.29) is 11.7 Å². The van der Waals surface area contributed by atoms with Gasteiger partial charge in [-0.3, -0.25) is 4.79 Å². The Bertz CT molecular complexity index is 764. The normalized spacial score (nSPS) is 15.4. The van der Waals surface area contributed by atoms with Crippen LogP contribution in [0.2, 0.25) is 0 Å². The number of morpholine rings is 1. The summed E-state index contributed by atoms with van der Waals surface area (Å²) in [5.41, 5.74) is 1.76. The van der Waals surface area contributed by atoms with Crippen LogP contribution in [0.5, 0.6) is 5.75 Å². The molecule has 1 aliphatic heterocycles. The molecule has 1 atom stereocenters. The number of anilines is 2. The topological polar surface area (TPSA) is 50.8 Å². The van der Waals surface area contributed by atoms with E-state index >= 15 is 0 Å². The summed E-state index contributed by atoms with van der Waals surface area (Å²) < 4.78 is 25.2. The first-order chi connectivity index (χ1) is 12.5. The van der Waals surface area contributed by atoms with Crippen LogP contribution in [-0.2, 0) is 9.53 Å². The molecule has 0 spiro atoms. The van der Waals surface area contributed by atoms with E-state index in [0.717, 1.165) is 32.0 Å². The smallest absolute Gasteiger partial charge is 0.265 e. The number of nitrogens with one attached hydrogen (secondary N) is 1. The van der Waals surface area contributed by atoms with Gasteiger partial charge in [-0.05, 0) is 49.4 Å². The molecule has 1 heterocycles. The van der Waals surface area contributed by atoms with Crippen LogP contribution >= 0.6 is 15.9 Å². The van der Waals surface area contributed by atoms with Crippen molar-refractivity contribution in [3.63, 3.8) is 0 Å². The Balaban J connectivity index is 1.58. The zero-order chi connectivity index (χ0) is 18.5. The molecule has 3 rings (SSSR count). The molecule has 1 N–H and O–H groups in total. The summed E-state index contributed by atoms with van der Waals surface area (Å²) >= 11 is 3.18. The van der Waals surface area contributed by atoms with Gasteiger partial charge in [-0.1, -0.05) is 15.9 Å². The van der Waals surface area contributed by atoms with Crippen LogP contribution in [0.3, 0.4) is 0 Å². The molecule has 26 heavy (non-hydrogen) atoms. The van der Waals surface area contributed by atoms with Gasteiger partial charge in [0, 0.05) is 28.9 Å². The lowest BCUT2D eigenvalue weighted by Gasteiger charge is -2.29. The number of carbonyl (C=O) groups excluding carboxylic acids is 1. The first kappa shape index (κ1) is 18.7. The van der Waals surface area contributed by atoms with Crippen molar-refractivity contribution in [2.75, 3.05) is 36.5 Å². The molecule has 0 bridgehead atoms. The second-order valence-electron chi connectivity index (χ2n) is 5.97. The van der Waals surface area contributed by atoms with Gasteiger partial charge < -0.3 is 19.7 Å². The number of carbonyl (C=O) groups is 1. The molecule has 0 radical (unpaired) electrons. The number of ether oxygens (including phenoxy) is 2. The monoisotopic (exact) mass is 422 g/mol. The maximum atomic E-state index is 13.8. The van der Waals surface area contributed by atoms with E-state index in [1.54, 1.807) is 13.0 Å². The Labute approximate surface area is 160 Å². The maximum Gasteiger partial charge on any atom is 0.265 e. The van der Waals surface area contributed by atoms with Crippen LogP contribution in [0.25, 0.3) is 0 Å². The van der Waals surface area contributed by atoms with E-state index in [9.17, 15) is 9.18 Å². The molecule has 0 aromatic heterocycles. The molecular weight excluding hydrogens is 403 g/mol. The predicted octanol–water partition coefficient (Wildman–Crippen LogP) is 3.83. The number of amides is 1. The molecule has 5 nitrogen and oxygen atoms in total. The average Bonchev–Trinajstić information content (AvgIpc) is 2.65. The third kappa shape index (κ3) is 4.74. The Hall–Kier alpha value is -2.12. The first-order valence-corrected chi connectivity index (χ1v) is 9.17. The number of hydrogen-bond acceptors (Lipinski definition) is 4. The third-order valence-electron chi connectivity index (χ3n) is 4.08. The summed E-state index contributed by atoms with van der Waals surface area (Å²) in [6.07, 6.45) is -0.829. The molecule has 1 unspecified atom stereocenters. The molecule has 1 fully saturated rings. The van der Waals surface area contributed by atoms with Gasteiger partial charge in [0.2, 0.25) is 0 Å². The van der Waals surface area contributed by atoms with Crippen LogP contribution in [0, 0.1) is 5.82 Å². The largest absolute Gasteiger partial charge is 0.478 e. The highest BCUT2D eigenvalue weighted by molar-refractivity contribution is 9.10. The minimum absolute atomic E-state index is 0.0403. The number of halogens is 2. The molecule has 0 saturated carbocycles. The second-order valence-corrected chi connectivity index (χ2v) is 6.89. The molecule has 1 amide bonds. The molecule has 2 aromatic carbocycles. The standard InChI is InChI=1S/C19H20BrFN2O3/c1-13(26-18-7-2-14(20)12-17(18)21)19(24)22-15-3-5-16(6-4-15)23-8-10-25-11-9-23/h2-7,12-13H,8-11H2,1H3,(H,22,24). The zero-order valence-corrected chi connectivity index (χ0v) is 16.0. The Morgan fingerprint density at radius 2 is 1.92 bits per heavy atom. The van der Waals surface area contributed by atoms with Gasteiger partial charge in [0.15, 0.2) is 17.7 Å². The van der Waals surface area contributed by atoms with Crippen LogP contribution < -0.4 is 15.0 Å². The van der Waals surface area contributed by atoms with Crippen LogP contribution in [0.15, 0.2) is 46.9 Å². The summed E-state index contributed by atoms with van der Waals surface area (Å²) in [7, 11) is 0. The average molecular weight is 423 g/mol. The van der Waals surface area contributed by atoms with Gasteiger partial charge in [-0.25, -0.2) is 4.39 Å². The Kier molecular flexibility index (Phi) is 6.11. The summed E-state index contributed by atoms with van der Waals surface area (Å²) in [5, 5.41) is 2.78.